The van der Waals surface area contributed by atoms with E-state index in [4.69, 9.17) is 0 Å². The van der Waals surface area contributed by atoms with E-state index >= 15 is 0 Å². The third-order valence-corrected chi connectivity index (χ3v) is 3.84. The first-order chi connectivity index (χ1) is 11.3. The molecule has 3 nitrogen and oxygen atoms in total. The summed E-state index contributed by atoms with van der Waals surface area (Å²) in [4.78, 5) is 16.1. The number of benzene rings is 2. The van der Waals surface area contributed by atoms with Crippen molar-refractivity contribution in [2.75, 3.05) is 5.32 Å². The number of carbonyl (C=O) groups excluding carboxylic acids is 1. The lowest BCUT2D eigenvalue weighted by Gasteiger charge is -2.08. The molecule has 0 saturated carbocycles. The van der Waals surface area contributed by atoms with E-state index in [1.807, 2.05) is 55.6 Å². The Labute approximate surface area is 136 Å². The van der Waals surface area contributed by atoms with Gasteiger partial charge >= 0.3 is 0 Å². The number of nitrogens with zero attached hydrogens (tertiary/aromatic N) is 1. The zero-order valence-electron chi connectivity index (χ0n) is 13.3. The molecule has 3 rings (SSSR count). The van der Waals surface area contributed by atoms with Gasteiger partial charge in [-0.25, -0.2) is 0 Å². The molecular weight excluding hydrogens is 284 g/mol. The van der Waals surface area contributed by atoms with Gasteiger partial charge in [0, 0.05) is 30.1 Å². The van der Waals surface area contributed by atoms with Gasteiger partial charge in [0.15, 0.2) is 0 Å². The summed E-state index contributed by atoms with van der Waals surface area (Å²) < 4.78 is 0. The summed E-state index contributed by atoms with van der Waals surface area (Å²) in [5, 5.41) is 5.31. The molecule has 3 aromatic rings. The molecule has 0 spiro atoms. The Balaban J connectivity index is 1.76. The van der Waals surface area contributed by atoms with Crippen LogP contribution in [0.15, 0.2) is 60.8 Å². The lowest BCUT2D eigenvalue weighted by Crippen LogP contribution is -2.10. The molecular formula is C20H20N2O. The molecule has 23 heavy (non-hydrogen) atoms. The quantitative estimate of drug-likeness (QED) is 0.750. The summed E-state index contributed by atoms with van der Waals surface area (Å²) in [6.07, 6.45) is 4.06. The Morgan fingerprint density at radius 1 is 1.04 bits per heavy atom. The van der Waals surface area contributed by atoms with Crippen molar-refractivity contribution in [1.29, 1.82) is 0 Å². The number of pyridine rings is 1. The Morgan fingerprint density at radius 2 is 1.83 bits per heavy atom. The molecule has 1 heterocycles. The molecule has 0 aliphatic heterocycles. The maximum atomic E-state index is 11.6. The molecule has 0 unspecified atom stereocenters. The van der Waals surface area contributed by atoms with E-state index in [2.05, 4.69) is 22.4 Å². The van der Waals surface area contributed by atoms with Crippen LogP contribution in [-0.2, 0) is 11.2 Å². The minimum Gasteiger partial charge on any atom is -0.326 e. The van der Waals surface area contributed by atoms with Crippen LogP contribution in [0, 0.1) is 0 Å². The molecule has 1 N–H and O–H groups in total. The lowest BCUT2D eigenvalue weighted by atomic mass is 10.0. The second-order valence-electron chi connectivity index (χ2n) is 5.65. The highest BCUT2D eigenvalue weighted by Gasteiger charge is 2.05. The molecule has 0 aliphatic carbocycles. The van der Waals surface area contributed by atoms with E-state index < -0.39 is 0 Å². The molecule has 0 radical (unpaired) electrons. The van der Waals surface area contributed by atoms with Crippen molar-refractivity contribution in [3.63, 3.8) is 0 Å². The van der Waals surface area contributed by atoms with Crippen LogP contribution in [0.25, 0.3) is 10.8 Å². The number of carbonyl (C=O) groups is 1. The number of aromatic nitrogens is 1. The Kier molecular flexibility index (Phi) is 4.67. The number of anilines is 1. The zero-order valence-corrected chi connectivity index (χ0v) is 13.3. The fraction of sp³-hybridized carbons (Fsp3) is 0.200. The topological polar surface area (TPSA) is 42.0 Å². The van der Waals surface area contributed by atoms with Gasteiger partial charge in [0.2, 0.25) is 5.91 Å². The highest BCUT2D eigenvalue weighted by atomic mass is 16.1. The largest absolute Gasteiger partial charge is 0.326 e. The SMILES string of the molecule is CCCC(=O)Nc1ccc(Cc2nccc3ccccc23)cc1. The van der Waals surface area contributed by atoms with Gasteiger partial charge in [-0.2, -0.15) is 0 Å². The number of hydrogen-bond acceptors (Lipinski definition) is 2. The van der Waals surface area contributed by atoms with Crippen LogP contribution in [0.3, 0.4) is 0 Å². The summed E-state index contributed by atoms with van der Waals surface area (Å²) in [5.41, 5.74) is 3.10. The van der Waals surface area contributed by atoms with Crippen molar-refractivity contribution in [2.45, 2.75) is 26.2 Å². The first kappa shape index (κ1) is 15.2. The fourth-order valence-electron chi connectivity index (χ4n) is 2.67. The molecule has 1 amide bonds. The number of amides is 1. The molecule has 1 aromatic heterocycles. The average Bonchev–Trinajstić information content (AvgIpc) is 2.57. The van der Waals surface area contributed by atoms with E-state index in [9.17, 15) is 4.79 Å². The molecule has 0 atom stereocenters. The number of hydrogen-bond donors (Lipinski definition) is 1. The molecule has 0 bridgehead atoms. The second-order valence-corrected chi connectivity index (χ2v) is 5.65. The standard InChI is InChI=1S/C20H20N2O/c1-2-5-20(23)22-17-10-8-15(9-11-17)14-19-18-7-4-3-6-16(18)12-13-21-19/h3-4,6-13H,2,5,14H2,1H3,(H,22,23). The summed E-state index contributed by atoms with van der Waals surface area (Å²) in [5.74, 6) is 0.0657. The van der Waals surface area contributed by atoms with Gasteiger partial charge in [0.25, 0.3) is 0 Å². The van der Waals surface area contributed by atoms with Crippen LogP contribution < -0.4 is 5.32 Å². The van der Waals surface area contributed by atoms with Gasteiger partial charge in [-0.15, -0.1) is 0 Å². The summed E-state index contributed by atoms with van der Waals surface area (Å²) >= 11 is 0. The van der Waals surface area contributed by atoms with Crippen molar-refractivity contribution >= 4 is 22.4 Å². The summed E-state index contributed by atoms with van der Waals surface area (Å²) in [6.45, 7) is 2.00. The minimum atomic E-state index is 0.0657. The normalized spacial score (nSPS) is 10.7. The van der Waals surface area contributed by atoms with E-state index in [1.54, 1.807) is 0 Å². The predicted molar refractivity (Wildman–Crippen MR) is 94.5 cm³/mol. The Morgan fingerprint density at radius 3 is 2.61 bits per heavy atom. The number of rotatable bonds is 5. The fourth-order valence-corrected chi connectivity index (χ4v) is 2.67. The van der Waals surface area contributed by atoms with Crippen molar-refractivity contribution < 1.29 is 4.79 Å². The van der Waals surface area contributed by atoms with Crippen LogP contribution in [-0.4, -0.2) is 10.9 Å². The minimum absolute atomic E-state index is 0.0657. The van der Waals surface area contributed by atoms with Crippen molar-refractivity contribution in [1.82, 2.24) is 4.98 Å². The Bertz CT molecular complexity index is 804. The summed E-state index contributed by atoms with van der Waals surface area (Å²) in [7, 11) is 0. The molecule has 0 saturated heterocycles. The van der Waals surface area contributed by atoms with Crippen LogP contribution in [0.2, 0.25) is 0 Å². The first-order valence-corrected chi connectivity index (χ1v) is 7.97. The van der Waals surface area contributed by atoms with Crippen LogP contribution in [0.5, 0.6) is 0 Å². The number of fused-ring (bicyclic) bond motifs is 1. The van der Waals surface area contributed by atoms with E-state index in [1.165, 1.54) is 16.3 Å². The van der Waals surface area contributed by atoms with Gasteiger partial charge in [0.1, 0.15) is 0 Å². The van der Waals surface area contributed by atoms with Gasteiger partial charge in [-0.1, -0.05) is 43.3 Å². The molecule has 2 aromatic carbocycles. The first-order valence-electron chi connectivity index (χ1n) is 7.97. The predicted octanol–water partition coefficient (Wildman–Crippen LogP) is 4.56. The highest BCUT2D eigenvalue weighted by Crippen LogP contribution is 2.20. The molecule has 0 fully saturated rings. The van der Waals surface area contributed by atoms with Gasteiger partial charge in [-0.05, 0) is 35.6 Å². The average molecular weight is 304 g/mol. The van der Waals surface area contributed by atoms with Gasteiger partial charge < -0.3 is 5.32 Å². The molecule has 116 valence electrons. The van der Waals surface area contributed by atoms with Crippen LogP contribution >= 0.6 is 0 Å². The van der Waals surface area contributed by atoms with Crippen molar-refractivity contribution in [3.05, 3.63) is 72.1 Å². The molecule has 0 aliphatic rings. The highest BCUT2D eigenvalue weighted by molar-refractivity contribution is 5.90. The van der Waals surface area contributed by atoms with Crippen LogP contribution in [0.4, 0.5) is 5.69 Å². The zero-order chi connectivity index (χ0) is 16.1. The number of nitrogens with one attached hydrogen (secondary N) is 1. The maximum absolute atomic E-state index is 11.6. The van der Waals surface area contributed by atoms with E-state index in [-0.39, 0.29) is 5.91 Å². The summed E-state index contributed by atoms with van der Waals surface area (Å²) in [6, 6.07) is 18.3. The van der Waals surface area contributed by atoms with Crippen LogP contribution in [0.1, 0.15) is 31.0 Å². The maximum Gasteiger partial charge on any atom is 0.224 e. The second kappa shape index (κ2) is 7.05. The monoisotopic (exact) mass is 304 g/mol. The van der Waals surface area contributed by atoms with E-state index in [0.29, 0.717) is 6.42 Å². The smallest absolute Gasteiger partial charge is 0.224 e. The lowest BCUT2D eigenvalue weighted by molar-refractivity contribution is -0.116. The van der Waals surface area contributed by atoms with Crippen molar-refractivity contribution in [2.24, 2.45) is 0 Å². The molecule has 3 heteroatoms. The Hall–Kier alpha value is -2.68. The van der Waals surface area contributed by atoms with Crippen molar-refractivity contribution in [3.8, 4) is 0 Å². The van der Waals surface area contributed by atoms with Gasteiger partial charge in [0.05, 0.1) is 5.69 Å². The van der Waals surface area contributed by atoms with E-state index in [0.717, 1.165) is 24.2 Å². The third-order valence-electron chi connectivity index (χ3n) is 3.84. The third kappa shape index (κ3) is 3.75. The van der Waals surface area contributed by atoms with Gasteiger partial charge in [-0.3, -0.25) is 9.78 Å².